The predicted octanol–water partition coefficient (Wildman–Crippen LogP) is 6.23. The van der Waals surface area contributed by atoms with Crippen molar-refractivity contribution < 1.29 is 23.9 Å². The van der Waals surface area contributed by atoms with Crippen LogP contribution in [-0.2, 0) is 20.9 Å². The van der Waals surface area contributed by atoms with Gasteiger partial charge in [-0.1, -0.05) is 75.3 Å². The Morgan fingerprint density at radius 3 is 2.21 bits per heavy atom. The monoisotopic (exact) mass is 531 g/mol. The van der Waals surface area contributed by atoms with Gasteiger partial charge in [0.2, 0.25) is 5.91 Å². The number of unbranched alkanes of at least 4 members (excludes halogenated alkanes) is 1. The summed E-state index contributed by atoms with van der Waals surface area (Å²) in [6, 6.07) is 8.81. The van der Waals surface area contributed by atoms with E-state index in [4.69, 9.17) is 9.47 Å². The van der Waals surface area contributed by atoms with E-state index < -0.39 is 23.8 Å². The van der Waals surface area contributed by atoms with Crippen LogP contribution in [0.3, 0.4) is 0 Å². The molecule has 1 aliphatic carbocycles. The Morgan fingerprint density at radius 1 is 0.868 bits per heavy atom. The predicted molar refractivity (Wildman–Crippen MR) is 150 cm³/mol. The SMILES string of the molecule is CC(C)(C)OC(=O)N[C@@H](CCCCNC(=O)OCc1ccccc1)C(=O)NCCCC1CCCCCCC1. The average molecular weight is 532 g/mol. The average Bonchev–Trinajstić information content (AvgIpc) is 2.84. The van der Waals surface area contributed by atoms with Gasteiger partial charge in [-0.3, -0.25) is 4.79 Å². The van der Waals surface area contributed by atoms with Crippen LogP contribution >= 0.6 is 0 Å². The minimum Gasteiger partial charge on any atom is -0.445 e. The lowest BCUT2D eigenvalue weighted by Crippen LogP contribution is -2.48. The van der Waals surface area contributed by atoms with E-state index in [1.165, 1.54) is 44.9 Å². The third-order valence-electron chi connectivity index (χ3n) is 6.72. The molecule has 1 aromatic carbocycles. The quantitative estimate of drug-likeness (QED) is 0.262. The van der Waals surface area contributed by atoms with Gasteiger partial charge in [-0.15, -0.1) is 0 Å². The fourth-order valence-corrected chi connectivity index (χ4v) is 4.71. The number of carbonyl (C=O) groups excluding carboxylic acids is 3. The molecule has 0 spiro atoms. The van der Waals surface area contributed by atoms with Crippen LogP contribution in [0.25, 0.3) is 0 Å². The molecule has 1 atom stereocenters. The van der Waals surface area contributed by atoms with Gasteiger partial charge in [0.25, 0.3) is 0 Å². The standard InChI is InChI=1S/C30H49N3O5/c1-30(2,3)38-29(36)33-26(27(34)31-22-14-19-24-15-8-5-4-6-9-16-24)20-12-13-21-32-28(35)37-23-25-17-10-7-11-18-25/h7,10-11,17-18,24,26H,4-6,8-9,12-16,19-23H2,1-3H3,(H,31,34)(H,32,35)(H,33,36)/t26-/m0/s1. The van der Waals surface area contributed by atoms with E-state index in [0.29, 0.717) is 32.4 Å². The van der Waals surface area contributed by atoms with Gasteiger partial charge in [0.1, 0.15) is 18.2 Å². The van der Waals surface area contributed by atoms with Crippen molar-refractivity contribution in [1.29, 1.82) is 0 Å². The molecule has 1 aromatic rings. The van der Waals surface area contributed by atoms with E-state index >= 15 is 0 Å². The molecule has 38 heavy (non-hydrogen) atoms. The van der Waals surface area contributed by atoms with Crippen LogP contribution in [0.5, 0.6) is 0 Å². The molecule has 8 heteroatoms. The van der Waals surface area contributed by atoms with Crippen LogP contribution in [0.1, 0.15) is 103 Å². The third kappa shape index (κ3) is 14.8. The Labute approximate surface area is 229 Å². The molecule has 3 amide bonds. The van der Waals surface area contributed by atoms with Crippen LogP contribution in [0.2, 0.25) is 0 Å². The first-order chi connectivity index (χ1) is 18.2. The normalized spacial score (nSPS) is 15.4. The Balaban J connectivity index is 1.71. The number of ether oxygens (including phenoxy) is 2. The minimum absolute atomic E-state index is 0.191. The molecule has 2 rings (SSSR count). The van der Waals surface area contributed by atoms with Crippen LogP contribution in [0.15, 0.2) is 30.3 Å². The molecule has 1 fully saturated rings. The van der Waals surface area contributed by atoms with Crippen LogP contribution < -0.4 is 16.0 Å². The Bertz CT molecular complexity index is 817. The fraction of sp³-hybridized carbons (Fsp3) is 0.700. The highest BCUT2D eigenvalue weighted by Gasteiger charge is 2.24. The largest absolute Gasteiger partial charge is 0.445 e. The second-order valence-electron chi connectivity index (χ2n) is 11.3. The van der Waals surface area contributed by atoms with Gasteiger partial charge in [-0.05, 0) is 64.4 Å². The smallest absolute Gasteiger partial charge is 0.408 e. The lowest BCUT2D eigenvalue weighted by atomic mass is 9.88. The molecule has 0 saturated heterocycles. The number of nitrogens with one attached hydrogen (secondary N) is 3. The molecule has 3 N–H and O–H groups in total. The summed E-state index contributed by atoms with van der Waals surface area (Å²) in [7, 11) is 0. The highest BCUT2D eigenvalue weighted by atomic mass is 16.6. The summed E-state index contributed by atoms with van der Waals surface area (Å²) in [6.07, 6.45) is 12.0. The van der Waals surface area contributed by atoms with E-state index in [2.05, 4.69) is 16.0 Å². The molecular formula is C30H49N3O5. The summed E-state index contributed by atoms with van der Waals surface area (Å²) in [5.41, 5.74) is 0.279. The van der Waals surface area contributed by atoms with Gasteiger partial charge in [0, 0.05) is 13.1 Å². The van der Waals surface area contributed by atoms with Crippen molar-refractivity contribution in [3.63, 3.8) is 0 Å². The number of rotatable bonds is 13. The maximum atomic E-state index is 12.9. The summed E-state index contributed by atoms with van der Waals surface area (Å²) in [5.74, 6) is 0.568. The van der Waals surface area contributed by atoms with E-state index in [1.807, 2.05) is 30.3 Å². The number of amides is 3. The van der Waals surface area contributed by atoms with Crippen molar-refractivity contribution in [2.24, 2.45) is 5.92 Å². The maximum Gasteiger partial charge on any atom is 0.408 e. The number of alkyl carbamates (subject to hydrolysis) is 2. The molecular weight excluding hydrogens is 482 g/mol. The zero-order valence-corrected chi connectivity index (χ0v) is 23.7. The first kappa shape index (κ1) is 31.4. The Hall–Kier alpha value is -2.77. The summed E-state index contributed by atoms with van der Waals surface area (Å²) >= 11 is 0. The van der Waals surface area contributed by atoms with E-state index in [-0.39, 0.29) is 12.5 Å². The molecule has 0 aromatic heterocycles. The summed E-state index contributed by atoms with van der Waals surface area (Å²) < 4.78 is 10.6. The van der Waals surface area contributed by atoms with E-state index in [1.54, 1.807) is 20.8 Å². The van der Waals surface area contributed by atoms with Gasteiger partial charge in [0.05, 0.1) is 0 Å². The van der Waals surface area contributed by atoms with Crippen molar-refractivity contribution in [2.45, 2.75) is 116 Å². The molecule has 1 aliphatic rings. The highest BCUT2D eigenvalue weighted by Crippen LogP contribution is 2.25. The van der Waals surface area contributed by atoms with Crippen molar-refractivity contribution in [1.82, 2.24) is 16.0 Å². The lowest BCUT2D eigenvalue weighted by molar-refractivity contribution is -0.123. The summed E-state index contributed by atoms with van der Waals surface area (Å²) in [5, 5.41) is 8.48. The second kappa shape index (κ2) is 17.7. The molecule has 0 aliphatic heterocycles. The fourth-order valence-electron chi connectivity index (χ4n) is 4.71. The highest BCUT2D eigenvalue weighted by molar-refractivity contribution is 5.85. The van der Waals surface area contributed by atoms with Gasteiger partial charge >= 0.3 is 12.2 Å². The topological polar surface area (TPSA) is 106 Å². The maximum absolute atomic E-state index is 12.9. The molecule has 1 saturated carbocycles. The number of hydrogen-bond donors (Lipinski definition) is 3. The van der Waals surface area contributed by atoms with Crippen molar-refractivity contribution in [2.75, 3.05) is 13.1 Å². The van der Waals surface area contributed by atoms with Gasteiger partial charge in [0.15, 0.2) is 0 Å². The molecule has 214 valence electrons. The van der Waals surface area contributed by atoms with E-state index in [9.17, 15) is 14.4 Å². The molecule has 8 nitrogen and oxygen atoms in total. The zero-order valence-electron chi connectivity index (χ0n) is 23.7. The number of hydrogen-bond acceptors (Lipinski definition) is 5. The lowest BCUT2D eigenvalue weighted by Gasteiger charge is -2.23. The minimum atomic E-state index is -0.684. The first-order valence-electron chi connectivity index (χ1n) is 14.4. The molecule has 0 heterocycles. The van der Waals surface area contributed by atoms with E-state index in [0.717, 1.165) is 24.3 Å². The Morgan fingerprint density at radius 2 is 1.53 bits per heavy atom. The number of carbonyl (C=O) groups is 3. The number of benzene rings is 1. The first-order valence-corrected chi connectivity index (χ1v) is 14.4. The van der Waals surface area contributed by atoms with Gasteiger partial charge in [-0.2, -0.15) is 0 Å². The third-order valence-corrected chi connectivity index (χ3v) is 6.72. The van der Waals surface area contributed by atoms with Crippen molar-refractivity contribution >= 4 is 18.1 Å². The molecule has 0 bridgehead atoms. The zero-order chi connectivity index (χ0) is 27.6. The van der Waals surface area contributed by atoms with Crippen molar-refractivity contribution in [3.05, 3.63) is 35.9 Å². The summed E-state index contributed by atoms with van der Waals surface area (Å²) in [6.45, 7) is 6.63. The van der Waals surface area contributed by atoms with Crippen molar-refractivity contribution in [3.8, 4) is 0 Å². The second-order valence-corrected chi connectivity index (χ2v) is 11.3. The van der Waals surface area contributed by atoms with Crippen LogP contribution in [-0.4, -0.2) is 42.8 Å². The van der Waals surface area contributed by atoms with Gasteiger partial charge in [-0.25, -0.2) is 9.59 Å². The molecule has 0 radical (unpaired) electrons. The summed E-state index contributed by atoms with van der Waals surface area (Å²) in [4.78, 5) is 37.2. The van der Waals surface area contributed by atoms with Crippen LogP contribution in [0.4, 0.5) is 9.59 Å². The Kier molecular flexibility index (Phi) is 14.6. The van der Waals surface area contributed by atoms with Crippen LogP contribution in [0, 0.1) is 5.92 Å². The molecule has 0 unspecified atom stereocenters. The van der Waals surface area contributed by atoms with Gasteiger partial charge < -0.3 is 25.4 Å².